The lowest BCUT2D eigenvalue weighted by Crippen LogP contribution is -2.12. The Morgan fingerprint density at radius 3 is 2.68 bits per heavy atom. The Labute approximate surface area is 178 Å². The maximum atomic E-state index is 11.8. The first-order valence-electron chi connectivity index (χ1n) is 10.1. The third-order valence-corrected chi connectivity index (χ3v) is 5.48. The molecule has 0 amide bonds. The van der Waals surface area contributed by atoms with Gasteiger partial charge in [0.1, 0.15) is 0 Å². The predicted octanol–water partition coefficient (Wildman–Crippen LogP) is 5.31. The van der Waals surface area contributed by atoms with Gasteiger partial charge in [-0.1, -0.05) is 36.4 Å². The van der Waals surface area contributed by atoms with Crippen LogP contribution in [0.4, 0.5) is 0 Å². The zero-order valence-corrected chi connectivity index (χ0v) is 16.8. The average Bonchev–Trinajstić information content (AvgIpc) is 3.17. The molecule has 156 valence electrons. The normalized spacial score (nSPS) is 12.5. The summed E-state index contributed by atoms with van der Waals surface area (Å²) in [6.07, 6.45) is 10.1. The number of benzene rings is 2. The first kappa shape index (κ1) is 20.3. The topological polar surface area (TPSA) is 103 Å². The molecule has 0 fully saturated rings. The molecule has 0 saturated heterocycles. The summed E-state index contributed by atoms with van der Waals surface area (Å²) in [5.74, 6) is -2.59. The number of H-pyrrole nitrogens is 1. The minimum Gasteiger partial charge on any atom is -0.481 e. The fourth-order valence-corrected chi connectivity index (χ4v) is 3.88. The molecule has 2 aromatic heterocycles. The summed E-state index contributed by atoms with van der Waals surface area (Å²) >= 11 is 0. The number of aromatic nitrogens is 2. The van der Waals surface area contributed by atoms with Crippen LogP contribution >= 0.6 is 0 Å². The summed E-state index contributed by atoms with van der Waals surface area (Å²) in [7, 11) is 0. The molecule has 0 radical (unpaired) electrons. The molecule has 1 unspecified atom stereocenters. The molecule has 1 atom stereocenters. The van der Waals surface area contributed by atoms with E-state index in [0.717, 1.165) is 32.8 Å². The number of fused-ring (bicyclic) bond motifs is 2. The SMILES string of the molecule is O=C(O)CCCC(C(=O)O)c1ccc2[nH]cc(/C=C/c3cccc4cnccc34)c2c1. The Hall–Kier alpha value is -3.93. The molecule has 0 bridgehead atoms. The Kier molecular flexibility index (Phi) is 5.80. The number of nitrogens with zero attached hydrogens (tertiary/aromatic N) is 1. The van der Waals surface area contributed by atoms with Crippen LogP contribution in [0.25, 0.3) is 33.8 Å². The van der Waals surface area contributed by atoms with Crippen molar-refractivity contribution in [2.75, 3.05) is 0 Å². The van der Waals surface area contributed by atoms with Gasteiger partial charge in [0.25, 0.3) is 0 Å². The first-order valence-corrected chi connectivity index (χ1v) is 10.1. The molecule has 0 spiro atoms. The Morgan fingerprint density at radius 2 is 1.87 bits per heavy atom. The molecule has 2 heterocycles. The summed E-state index contributed by atoms with van der Waals surface area (Å²) < 4.78 is 0. The van der Waals surface area contributed by atoms with Crippen LogP contribution in [-0.4, -0.2) is 32.1 Å². The highest BCUT2D eigenvalue weighted by Gasteiger charge is 2.20. The standard InChI is InChI=1S/C25H22N2O4/c28-24(29)6-2-5-21(25(30)31)17-9-10-23-22(13-17)19(15-27-23)8-7-16-3-1-4-18-14-26-12-11-20(16)18/h1,3-4,7-15,21,27H,2,5-6H2,(H,28,29)(H,30,31)/b8-7+. The van der Waals surface area contributed by atoms with Gasteiger partial charge in [-0.2, -0.15) is 0 Å². The van der Waals surface area contributed by atoms with E-state index in [0.29, 0.717) is 12.0 Å². The van der Waals surface area contributed by atoms with Crippen LogP contribution in [0.5, 0.6) is 0 Å². The predicted molar refractivity (Wildman–Crippen MR) is 121 cm³/mol. The van der Waals surface area contributed by atoms with Crippen LogP contribution in [0.3, 0.4) is 0 Å². The first-order chi connectivity index (χ1) is 15.0. The van der Waals surface area contributed by atoms with Gasteiger partial charge in [0, 0.05) is 41.3 Å². The molecule has 3 N–H and O–H groups in total. The van der Waals surface area contributed by atoms with Crippen LogP contribution in [0, 0.1) is 0 Å². The fraction of sp³-hybridized carbons (Fsp3) is 0.160. The van der Waals surface area contributed by atoms with Crippen molar-refractivity contribution in [2.24, 2.45) is 0 Å². The Bertz CT molecular complexity index is 1280. The van der Waals surface area contributed by atoms with E-state index in [-0.39, 0.29) is 12.8 Å². The molecule has 2 aromatic carbocycles. The number of pyridine rings is 1. The molecule has 0 aliphatic carbocycles. The molecule has 31 heavy (non-hydrogen) atoms. The highest BCUT2D eigenvalue weighted by atomic mass is 16.4. The summed E-state index contributed by atoms with van der Waals surface area (Å²) in [5.41, 5.74) is 3.62. The second-order valence-corrected chi connectivity index (χ2v) is 7.50. The molecule has 4 aromatic rings. The van der Waals surface area contributed by atoms with Crippen LogP contribution in [0.1, 0.15) is 41.9 Å². The van der Waals surface area contributed by atoms with Gasteiger partial charge in [-0.05, 0) is 53.1 Å². The van der Waals surface area contributed by atoms with Crippen LogP contribution in [-0.2, 0) is 9.59 Å². The Balaban J connectivity index is 1.65. The molecule has 4 rings (SSSR count). The van der Waals surface area contributed by atoms with E-state index < -0.39 is 17.9 Å². The number of carbonyl (C=O) groups is 2. The minimum absolute atomic E-state index is 0.0370. The maximum Gasteiger partial charge on any atom is 0.310 e. The Morgan fingerprint density at radius 1 is 1.03 bits per heavy atom. The monoisotopic (exact) mass is 414 g/mol. The van der Waals surface area contributed by atoms with Crippen molar-refractivity contribution in [1.29, 1.82) is 0 Å². The summed E-state index contributed by atoms with van der Waals surface area (Å²) in [6.45, 7) is 0. The van der Waals surface area contributed by atoms with Crippen molar-refractivity contribution >= 4 is 45.8 Å². The third kappa shape index (κ3) is 4.48. The molecule has 6 nitrogen and oxygen atoms in total. The van der Waals surface area contributed by atoms with E-state index >= 15 is 0 Å². The van der Waals surface area contributed by atoms with Gasteiger partial charge in [-0.3, -0.25) is 14.6 Å². The second-order valence-electron chi connectivity index (χ2n) is 7.50. The lowest BCUT2D eigenvalue weighted by atomic mass is 9.92. The van der Waals surface area contributed by atoms with E-state index in [9.17, 15) is 14.7 Å². The van der Waals surface area contributed by atoms with Crippen molar-refractivity contribution in [3.8, 4) is 0 Å². The van der Waals surface area contributed by atoms with Crippen LogP contribution < -0.4 is 0 Å². The maximum absolute atomic E-state index is 11.8. The zero-order chi connectivity index (χ0) is 21.8. The quantitative estimate of drug-likeness (QED) is 0.362. The number of aliphatic carboxylic acids is 2. The second kappa shape index (κ2) is 8.83. The average molecular weight is 414 g/mol. The molecule has 0 aliphatic rings. The van der Waals surface area contributed by atoms with Gasteiger partial charge >= 0.3 is 11.9 Å². The van der Waals surface area contributed by atoms with Gasteiger partial charge in [0.15, 0.2) is 0 Å². The third-order valence-electron chi connectivity index (χ3n) is 5.48. The number of aromatic amines is 1. The molecule has 0 aliphatic heterocycles. The number of hydrogen-bond donors (Lipinski definition) is 3. The summed E-state index contributed by atoms with van der Waals surface area (Å²) in [4.78, 5) is 30.0. The summed E-state index contributed by atoms with van der Waals surface area (Å²) in [5, 5.41) is 21.6. The van der Waals surface area contributed by atoms with Crippen LogP contribution in [0.2, 0.25) is 0 Å². The van der Waals surface area contributed by atoms with Crippen molar-refractivity contribution in [2.45, 2.75) is 25.2 Å². The van der Waals surface area contributed by atoms with Gasteiger partial charge in [-0.25, -0.2) is 0 Å². The van der Waals surface area contributed by atoms with Gasteiger partial charge < -0.3 is 15.2 Å². The van der Waals surface area contributed by atoms with Gasteiger partial charge in [0.2, 0.25) is 0 Å². The van der Waals surface area contributed by atoms with E-state index in [2.05, 4.69) is 9.97 Å². The van der Waals surface area contributed by atoms with E-state index in [1.807, 2.05) is 60.9 Å². The fourth-order valence-electron chi connectivity index (χ4n) is 3.88. The van der Waals surface area contributed by atoms with Crippen molar-refractivity contribution in [3.63, 3.8) is 0 Å². The smallest absolute Gasteiger partial charge is 0.310 e. The molecule has 0 saturated carbocycles. The largest absolute Gasteiger partial charge is 0.481 e. The zero-order valence-electron chi connectivity index (χ0n) is 16.8. The summed E-state index contributed by atoms with van der Waals surface area (Å²) in [6, 6.07) is 13.6. The molecular formula is C25H22N2O4. The molecular weight excluding hydrogens is 392 g/mol. The van der Waals surface area contributed by atoms with E-state index in [1.54, 1.807) is 12.3 Å². The number of carboxylic acid groups (broad SMARTS) is 2. The van der Waals surface area contributed by atoms with Gasteiger partial charge in [-0.15, -0.1) is 0 Å². The highest BCUT2D eigenvalue weighted by molar-refractivity contribution is 5.96. The van der Waals surface area contributed by atoms with Crippen molar-refractivity contribution in [3.05, 3.63) is 77.7 Å². The molecule has 6 heteroatoms. The number of nitrogens with one attached hydrogen (secondary N) is 1. The lowest BCUT2D eigenvalue weighted by Gasteiger charge is -2.12. The number of hydrogen-bond acceptors (Lipinski definition) is 3. The number of carboxylic acids is 2. The van der Waals surface area contributed by atoms with Gasteiger partial charge in [0.05, 0.1) is 5.92 Å². The number of rotatable bonds is 8. The van der Waals surface area contributed by atoms with E-state index in [4.69, 9.17) is 5.11 Å². The van der Waals surface area contributed by atoms with Crippen molar-refractivity contribution in [1.82, 2.24) is 9.97 Å². The lowest BCUT2D eigenvalue weighted by molar-refractivity contribution is -0.140. The van der Waals surface area contributed by atoms with E-state index in [1.165, 1.54) is 0 Å². The van der Waals surface area contributed by atoms with Crippen molar-refractivity contribution < 1.29 is 19.8 Å². The van der Waals surface area contributed by atoms with Crippen LogP contribution in [0.15, 0.2) is 61.1 Å². The highest BCUT2D eigenvalue weighted by Crippen LogP contribution is 2.29. The minimum atomic E-state index is -0.943.